The summed E-state index contributed by atoms with van der Waals surface area (Å²) in [4.78, 5) is 20.3. The summed E-state index contributed by atoms with van der Waals surface area (Å²) in [5.74, 6) is 0.570. The van der Waals surface area contributed by atoms with Gasteiger partial charge in [-0.3, -0.25) is 9.79 Å². The topological polar surface area (TPSA) is 97.6 Å². The maximum Gasteiger partial charge on any atom is 0.291 e. The Labute approximate surface area is 252 Å². The molecular weight excluding hydrogens is 551 g/mol. The molecule has 4 rings (SSSR count). The van der Waals surface area contributed by atoms with Crippen LogP contribution >= 0.6 is 8.58 Å². The maximum absolute atomic E-state index is 13.3. The number of fused-ring (bicyclic) bond motifs is 1. The lowest BCUT2D eigenvalue weighted by Gasteiger charge is -2.30. The first-order valence-electron chi connectivity index (χ1n) is 14.3. The highest BCUT2D eigenvalue weighted by atomic mass is 31.1. The van der Waals surface area contributed by atoms with Crippen LogP contribution in [0.2, 0.25) is 0 Å². The molecule has 3 heterocycles. The summed E-state index contributed by atoms with van der Waals surface area (Å²) in [6.45, 7) is 16.5. The van der Waals surface area contributed by atoms with Crippen LogP contribution in [0, 0.1) is 12.3 Å². The molecule has 230 valence electrons. The first kappa shape index (κ1) is 32.2. The first-order valence-corrected chi connectivity index (χ1v) is 15.4. The highest BCUT2D eigenvalue weighted by Gasteiger charge is 2.43. The summed E-state index contributed by atoms with van der Waals surface area (Å²) < 4.78 is 23.7. The molecule has 2 aromatic rings. The molecule has 42 heavy (non-hydrogen) atoms. The molecule has 0 saturated carbocycles. The number of methoxy groups -OCH3 is 2. The van der Waals surface area contributed by atoms with Crippen LogP contribution in [-0.4, -0.2) is 63.6 Å². The lowest BCUT2D eigenvalue weighted by atomic mass is 9.86. The van der Waals surface area contributed by atoms with Crippen LogP contribution in [0.3, 0.4) is 0 Å². The SMILES string of the molecule is COC1=C(NC(=O)c2ccc(Cc3cc4c(cc3C)C(C)(C)OC4(C)C)o2)C(OC)PC(=NCC(C)(C)CN(C)C)N1. The third-order valence-corrected chi connectivity index (χ3v) is 8.98. The third kappa shape index (κ3) is 7.08. The molecular formula is C32H47N4O5P. The standard InChI is InChI=1S/C32H47N4O5P/c1-19-14-22-23(32(6,7)41-31(22,4)5)16-20(19)15-21-12-13-24(40-21)26(37)34-25-27(38-10)35-29(42-28(25)39-11)33-17-30(2,3)18-36(8)9/h12-14,16,28,42H,15,17-18H2,1-11H3,(H,33,35)(H,34,37). The Morgan fingerprint density at radius 1 is 1.14 bits per heavy atom. The summed E-state index contributed by atoms with van der Waals surface area (Å²) in [6, 6.07) is 8.00. The molecule has 2 unspecified atom stereocenters. The van der Waals surface area contributed by atoms with Gasteiger partial charge in [0.2, 0.25) is 5.88 Å². The molecule has 2 aliphatic rings. The second-order valence-corrected chi connectivity index (χ2v) is 14.5. The summed E-state index contributed by atoms with van der Waals surface area (Å²) in [6.07, 6.45) is 0.572. The van der Waals surface area contributed by atoms with Gasteiger partial charge in [0.15, 0.2) is 5.76 Å². The zero-order valence-electron chi connectivity index (χ0n) is 26.9. The number of hydrogen-bond acceptors (Lipinski definition) is 7. The van der Waals surface area contributed by atoms with Gasteiger partial charge >= 0.3 is 0 Å². The molecule has 2 aliphatic heterocycles. The van der Waals surface area contributed by atoms with Crippen LogP contribution in [0.25, 0.3) is 0 Å². The van der Waals surface area contributed by atoms with Crippen molar-refractivity contribution >= 4 is 20.1 Å². The second kappa shape index (κ2) is 12.1. The van der Waals surface area contributed by atoms with Crippen molar-refractivity contribution in [2.24, 2.45) is 10.4 Å². The van der Waals surface area contributed by atoms with Crippen molar-refractivity contribution in [2.75, 3.05) is 41.4 Å². The van der Waals surface area contributed by atoms with E-state index in [1.807, 2.05) is 6.07 Å². The number of carbonyl (C=O) groups excluding carboxylic acids is 1. The van der Waals surface area contributed by atoms with Gasteiger partial charge in [0.25, 0.3) is 5.91 Å². The molecule has 2 atom stereocenters. The monoisotopic (exact) mass is 598 g/mol. The predicted molar refractivity (Wildman–Crippen MR) is 168 cm³/mol. The van der Waals surface area contributed by atoms with E-state index >= 15 is 0 Å². The molecule has 0 bridgehead atoms. The lowest BCUT2D eigenvalue weighted by molar-refractivity contribution is -0.105. The number of amidine groups is 1. The van der Waals surface area contributed by atoms with E-state index in [9.17, 15) is 4.79 Å². The number of hydrogen-bond donors (Lipinski definition) is 2. The number of aliphatic imine (C=N–C) groups is 1. The van der Waals surface area contributed by atoms with E-state index < -0.39 is 5.85 Å². The van der Waals surface area contributed by atoms with Crippen molar-refractivity contribution in [1.29, 1.82) is 0 Å². The number of carbonyl (C=O) groups is 1. The first-order chi connectivity index (χ1) is 19.5. The Bertz CT molecular complexity index is 1390. The van der Waals surface area contributed by atoms with Crippen molar-refractivity contribution < 1.29 is 23.4 Å². The normalized spacial score (nSPS) is 21.1. The molecule has 0 aliphatic carbocycles. The van der Waals surface area contributed by atoms with Gasteiger partial charge in [0.1, 0.15) is 22.9 Å². The fourth-order valence-corrected chi connectivity index (χ4v) is 6.99. The number of rotatable bonds is 10. The zero-order valence-corrected chi connectivity index (χ0v) is 27.9. The van der Waals surface area contributed by atoms with Crippen molar-refractivity contribution in [3.05, 3.63) is 69.6 Å². The van der Waals surface area contributed by atoms with Gasteiger partial charge in [-0.1, -0.05) is 26.0 Å². The Balaban J connectivity index is 1.49. The van der Waals surface area contributed by atoms with Crippen molar-refractivity contribution in [2.45, 2.75) is 71.9 Å². The highest BCUT2D eigenvalue weighted by molar-refractivity contribution is 7.59. The van der Waals surface area contributed by atoms with Crippen LogP contribution < -0.4 is 10.6 Å². The maximum atomic E-state index is 13.3. The van der Waals surface area contributed by atoms with Gasteiger partial charge in [-0.15, -0.1) is 0 Å². The van der Waals surface area contributed by atoms with E-state index in [4.69, 9.17) is 23.6 Å². The number of ether oxygens (including phenoxy) is 3. The van der Waals surface area contributed by atoms with E-state index in [1.165, 1.54) is 16.7 Å². The smallest absolute Gasteiger partial charge is 0.291 e. The third-order valence-electron chi connectivity index (χ3n) is 7.64. The Kier molecular flexibility index (Phi) is 9.29. The minimum atomic E-state index is -0.404. The van der Waals surface area contributed by atoms with E-state index in [0.29, 0.717) is 30.3 Å². The van der Waals surface area contributed by atoms with Crippen LogP contribution in [0.4, 0.5) is 0 Å². The molecule has 1 aromatic carbocycles. The van der Waals surface area contributed by atoms with Crippen LogP contribution in [0.15, 0.2) is 45.3 Å². The highest BCUT2D eigenvalue weighted by Crippen LogP contribution is 2.47. The van der Waals surface area contributed by atoms with Gasteiger partial charge in [-0.25, -0.2) is 0 Å². The van der Waals surface area contributed by atoms with E-state index in [-0.39, 0.29) is 36.9 Å². The molecule has 9 nitrogen and oxygen atoms in total. The second-order valence-electron chi connectivity index (χ2n) is 13.2. The summed E-state index contributed by atoms with van der Waals surface area (Å²) in [7, 11) is 7.47. The van der Waals surface area contributed by atoms with Gasteiger partial charge in [-0.2, -0.15) is 0 Å². The average molecular weight is 599 g/mol. The van der Waals surface area contributed by atoms with E-state index in [2.05, 4.69) is 90.2 Å². The number of nitrogens with one attached hydrogen (secondary N) is 2. The van der Waals surface area contributed by atoms with Crippen LogP contribution in [-0.2, 0) is 31.8 Å². The number of aryl methyl sites for hydroxylation is 1. The summed E-state index contributed by atoms with van der Waals surface area (Å²) >= 11 is 0. The number of amides is 1. The number of nitrogens with zero attached hydrogens (tertiary/aromatic N) is 2. The molecule has 0 spiro atoms. The molecule has 0 saturated heterocycles. The zero-order chi connectivity index (χ0) is 31.0. The Hall–Kier alpha value is -2.71. The molecule has 2 N–H and O–H groups in total. The molecule has 1 amide bonds. The van der Waals surface area contributed by atoms with Crippen molar-refractivity contribution in [3.63, 3.8) is 0 Å². The summed E-state index contributed by atoms with van der Waals surface area (Å²) in [5, 5.41) is 6.21. The quantitative estimate of drug-likeness (QED) is 0.353. The Morgan fingerprint density at radius 3 is 2.43 bits per heavy atom. The average Bonchev–Trinajstić information content (AvgIpc) is 3.42. The molecule has 0 radical (unpaired) electrons. The van der Waals surface area contributed by atoms with E-state index in [0.717, 1.165) is 17.7 Å². The van der Waals surface area contributed by atoms with Crippen LogP contribution in [0.1, 0.15) is 80.1 Å². The fraction of sp³-hybridized carbons (Fsp3) is 0.562. The predicted octanol–water partition coefficient (Wildman–Crippen LogP) is 5.42. The minimum Gasteiger partial charge on any atom is -0.481 e. The molecule has 1 aromatic heterocycles. The fourth-order valence-electron chi connectivity index (χ4n) is 5.92. The van der Waals surface area contributed by atoms with Gasteiger partial charge in [0, 0.05) is 26.6 Å². The van der Waals surface area contributed by atoms with Crippen molar-refractivity contribution in [3.8, 4) is 0 Å². The van der Waals surface area contributed by atoms with Crippen LogP contribution in [0.5, 0.6) is 0 Å². The number of furan rings is 1. The largest absolute Gasteiger partial charge is 0.481 e. The van der Waals surface area contributed by atoms with E-state index in [1.54, 1.807) is 20.3 Å². The van der Waals surface area contributed by atoms with Gasteiger partial charge in [-0.05, 0) is 97.1 Å². The molecule has 10 heteroatoms. The lowest BCUT2D eigenvalue weighted by Crippen LogP contribution is -2.40. The molecule has 0 fully saturated rings. The summed E-state index contributed by atoms with van der Waals surface area (Å²) in [5.41, 5.74) is 5.32. The van der Waals surface area contributed by atoms with Gasteiger partial charge < -0.3 is 34.2 Å². The minimum absolute atomic E-state index is 0.00652. The van der Waals surface area contributed by atoms with Gasteiger partial charge in [0.05, 0.1) is 18.3 Å². The van der Waals surface area contributed by atoms with Crippen molar-refractivity contribution in [1.82, 2.24) is 15.5 Å². The Morgan fingerprint density at radius 2 is 1.81 bits per heavy atom. The number of benzene rings is 1.